The molecule has 0 unspecified atom stereocenters. The lowest BCUT2D eigenvalue weighted by Gasteiger charge is -2.26. The van der Waals surface area contributed by atoms with Gasteiger partial charge in [0.1, 0.15) is 5.82 Å². The quantitative estimate of drug-likeness (QED) is 0.701. The molecule has 14 heavy (non-hydrogen) atoms. The van der Waals surface area contributed by atoms with Gasteiger partial charge in [-0.25, -0.2) is 0 Å². The van der Waals surface area contributed by atoms with Gasteiger partial charge in [-0.15, -0.1) is 0 Å². The summed E-state index contributed by atoms with van der Waals surface area (Å²) < 4.78 is 0. The van der Waals surface area contributed by atoms with Crippen molar-refractivity contribution in [2.45, 2.75) is 13.8 Å². The number of carbonyl (C=O) groups excluding carboxylic acids is 2. The third-order valence-corrected chi connectivity index (χ3v) is 2.07. The van der Waals surface area contributed by atoms with Gasteiger partial charge in [0.25, 0.3) is 5.91 Å². The summed E-state index contributed by atoms with van der Waals surface area (Å²) in [6.45, 7) is 7.21. The van der Waals surface area contributed by atoms with Gasteiger partial charge in [-0.05, 0) is 0 Å². The van der Waals surface area contributed by atoms with Crippen LogP contribution in [-0.2, 0) is 9.59 Å². The number of rotatable bonds is 2. The Morgan fingerprint density at radius 3 is 2.57 bits per heavy atom. The lowest BCUT2D eigenvalue weighted by molar-refractivity contribution is -0.125. The first-order valence-corrected chi connectivity index (χ1v) is 4.43. The highest BCUT2D eigenvalue weighted by Gasteiger charge is 2.23. The Morgan fingerprint density at radius 1 is 1.57 bits per heavy atom. The van der Waals surface area contributed by atoms with Crippen molar-refractivity contribution in [1.82, 2.24) is 10.2 Å². The Balaban J connectivity index is 2.93. The standard InChI is InChI=1S/C10H14N2O2/c1-6(2)10(14)8-5-9(13)12(4)7(3)11-8/h5-6,11H,3H2,1-2,4H3. The summed E-state index contributed by atoms with van der Waals surface area (Å²) in [4.78, 5) is 24.2. The summed E-state index contributed by atoms with van der Waals surface area (Å²) in [5, 5.41) is 2.80. The zero-order valence-electron chi connectivity index (χ0n) is 8.63. The fourth-order valence-electron chi connectivity index (χ4n) is 1.07. The smallest absolute Gasteiger partial charge is 0.254 e. The zero-order valence-corrected chi connectivity index (χ0v) is 8.63. The molecule has 1 aliphatic heterocycles. The van der Waals surface area contributed by atoms with Crippen LogP contribution in [0.3, 0.4) is 0 Å². The second-order valence-corrected chi connectivity index (χ2v) is 3.55. The van der Waals surface area contributed by atoms with Gasteiger partial charge in [0, 0.05) is 19.0 Å². The number of amides is 1. The van der Waals surface area contributed by atoms with E-state index in [9.17, 15) is 9.59 Å². The van der Waals surface area contributed by atoms with Gasteiger partial charge in [0.15, 0.2) is 5.78 Å². The normalized spacial score (nSPS) is 16.9. The molecule has 76 valence electrons. The van der Waals surface area contributed by atoms with Crippen molar-refractivity contribution in [3.63, 3.8) is 0 Å². The average molecular weight is 194 g/mol. The third kappa shape index (κ3) is 1.84. The Hall–Kier alpha value is -1.58. The lowest BCUT2D eigenvalue weighted by atomic mass is 10.0. The molecule has 0 aromatic heterocycles. The van der Waals surface area contributed by atoms with Gasteiger partial charge in [0.2, 0.25) is 0 Å². The summed E-state index contributed by atoms with van der Waals surface area (Å²) in [5.41, 5.74) is 0.327. The Bertz CT molecular complexity index is 329. The minimum absolute atomic E-state index is 0.0763. The molecular weight excluding hydrogens is 180 g/mol. The first kappa shape index (κ1) is 10.5. The molecule has 0 aromatic carbocycles. The maximum absolute atomic E-state index is 11.6. The van der Waals surface area contributed by atoms with Crippen molar-refractivity contribution in [2.75, 3.05) is 7.05 Å². The minimum Gasteiger partial charge on any atom is -0.339 e. The number of allylic oxidation sites excluding steroid dienone is 1. The van der Waals surface area contributed by atoms with Gasteiger partial charge in [-0.1, -0.05) is 20.4 Å². The lowest BCUT2D eigenvalue weighted by Crippen LogP contribution is -2.39. The van der Waals surface area contributed by atoms with Gasteiger partial charge in [-0.3, -0.25) is 14.5 Å². The van der Waals surface area contributed by atoms with E-state index in [0.717, 1.165) is 0 Å². The molecule has 0 saturated carbocycles. The molecule has 0 radical (unpaired) electrons. The summed E-state index contributed by atoms with van der Waals surface area (Å²) in [7, 11) is 1.60. The van der Waals surface area contributed by atoms with Gasteiger partial charge in [-0.2, -0.15) is 0 Å². The average Bonchev–Trinajstić information content (AvgIpc) is 2.12. The van der Waals surface area contributed by atoms with Crippen LogP contribution in [0.2, 0.25) is 0 Å². The van der Waals surface area contributed by atoms with E-state index in [4.69, 9.17) is 0 Å². The van der Waals surface area contributed by atoms with E-state index in [0.29, 0.717) is 11.5 Å². The second kappa shape index (κ2) is 3.65. The van der Waals surface area contributed by atoms with Gasteiger partial charge < -0.3 is 5.32 Å². The summed E-state index contributed by atoms with van der Waals surface area (Å²) >= 11 is 0. The molecule has 1 heterocycles. The Kier molecular flexibility index (Phi) is 2.74. The van der Waals surface area contributed by atoms with Crippen LogP contribution in [0.25, 0.3) is 0 Å². The topological polar surface area (TPSA) is 49.4 Å². The van der Waals surface area contributed by atoms with Crippen molar-refractivity contribution in [1.29, 1.82) is 0 Å². The molecule has 0 atom stereocenters. The summed E-state index contributed by atoms with van der Waals surface area (Å²) in [6, 6.07) is 0. The van der Waals surface area contributed by atoms with Crippen molar-refractivity contribution < 1.29 is 9.59 Å². The number of hydrogen-bond donors (Lipinski definition) is 1. The molecule has 0 fully saturated rings. The molecule has 0 aromatic rings. The van der Waals surface area contributed by atoms with Crippen LogP contribution in [0.1, 0.15) is 13.8 Å². The molecule has 1 aliphatic rings. The van der Waals surface area contributed by atoms with E-state index in [1.165, 1.54) is 11.0 Å². The maximum Gasteiger partial charge on any atom is 0.254 e. The summed E-state index contributed by atoms with van der Waals surface area (Å²) in [5.74, 6) is 0.00426. The zero-order chi connectivity index (χ0) is 10.9. The molecule has 1 rings (SSSR count). The van der Waals surface area contributed by atoms with Crippen LogP contribution in [0.4, 0.5) is 0 Å². The van der Waals surface area contributed by atoms with Crippen molar-refractivity contribution >= 4 is 11.7 Å². The SMILES string of the molecule is C=C1NC(C(=O)C(C)C)=CC(=O)N1C. The van der Waals surface area contributed by atoms with Gasteiger partial charge >= 0.3 is 0 Å². The molecule has 1 N–H and O–H groups in total. The number of carbonyl (C=O) groups is 2. The van der Waals surface area contributed by atoms with E-state index >= 15 is 0 Å². The second-order valence-electron chi connectivity index (χ2n) is 3.55. The largest absolute Gasteiger partial charge is 0.339 e. The van der Waals surface area contributed by atoms with E-state index in [1.807, 2.05) is 0 Å². The molecule has 4 heteroatoms. The number of nitrogens with zero attached hydrogens (tertiary/aromatic N) is 1. The maximum atomic E-state index is 11.6. The number of likely N-dealkylation sites (N-methyl/N-ethyl adjacent to an activating group) is 1. The Labute approximate surface area is 83.3 Å². The van der Waals surface area contributed by atoms with Crippen molar-refractivity contribution in [3.05, 3.63) is 24.2 Å². The monoisotopic (exact) mass is 194 g/mol. The fraction of sp³-hybridized carbons (Fsp3) is 0.400. The minimum atomic E-state index is -0.224. The first-order chi connectivity index (χ1) is 6.43. The van der Waals surface area contributed by atoms with Crippen LogP contribution in [0, 0.1) is 5.92 Å². The molecule has 0 bridgehead atoms. The number of hydrogen-bond acceptors (Lipinski definition) is 3. The molecular formula is C10H14N2O2. The van der Waals surface area contributed by atoms with Gasteiger partial charge in [0.05, 0.1) is 5.70 Å². The van der Waals surface area contributed by atoms with Crippen LogP contribution < -0.4 is 5.32 Å². The van der Waals surface area contributed by atoms with Crippen LogP contribution in [0.5, 0.6) is 0 Å². The fourth-order valence-corrected chi connectivity index (χ4v) is 1.07. The highest BCUT2D eigenvalue weighted by molar-refractivity contribution is 6.04. The Morgan fingerprint density at radius 2 is 2.14 bits per heavy atom. The van der Waals surface area contributed by atoms with Crippen molar-refractivity contribution in [3.8, 4) is 0 Å². The number of ketones is 1. The molecule has 0 saturated heterocycles. The number of Topliss-reactive ketones (excluding diaryl/α,β-unsaturated/α-hetero) is 1. The van der Waals surface area contributed by atoms with Crippen LogP contribution in [0.15, 0.2) is 24.2 Å². The van der Waals surface area contributed by atoms with E-state index in [2.05, 4.69) is 11.9 Å². The van der Waals surface area contributed by atoms with E-state index < -0.39 is 0 Å². The number of nitrogens with one attached hydrogen (secondary N) is 1. The van der Waals surface area contributed by atoms with Crippen LogP contribution in [-0.4, -0.2) is 23.6 Å². The third-order valence-electron chi connectivity index (χ3n) is 2.07. The van der Waals surface area contributed by atoms with Crippen LogP contribution >= 0.6 is 0 Å². The van der Waals surface area contributed by atoms with E-state index in [1.54, 1.807) is 20.9 Å². The molecule has 0 aliphatic carbocycles. The van der Waals surface area contributed by atoms with E-state index in [-0.39, 0.29) is 17.6 Å². The highest BCUT2D eigenvalue weighted by atomic mass is 16.2. The predicted octanol–water partition coefficient (Wildman–Crippen LogP) is 0.628. The highest BCUT2D eigenvalue weighted by Crippen LogP contribution is 2.12. The van der Waals surface area contributed by atoms with Crippen molar-refractivity contribution in [2.24, 2.45) is 5.92 Å². The predicted molar refractivity (Wildman–Crippen MR) is 53.0 cm³/mol. The molecule has 4 nitrogen and oxygen atoms in total. The molecule has 1 amide bonds. The first-order valence-electron chi connectivity index (χ1n) is 4.43. The molecule has 0 spiro atoms. The summed E-state index contributed by atoms with van der Waals surface area (Å²) in [6.07, 6.45) is 1.30.